The topological polar surface area (TPSA) is 70.7 Å². The summed E-state index contributed by atoms with van der Waals surface area (Å²) >= 11 is 0. The maximum absolute atomic E-state index is 12.2. The van der Waals surface area contributed by atoms with E-state index in [1.807, 2.05) is 30.3 Å². The number of para-hydroxylation sites is 1. The predicted octanol–water partition coefficient (Wildman–Crippen LogP) is 2.87. The minimum absolute atomic E-state index is 0.0913. The highest BCUT2D eigenvalue weighted by molar-refractivity contribution is 5.96. The summed E-state index contributed by atoms with van der Waals surface area (Å²) in [5.41, 5.74) is 1.59. The molecule has 2 aromatic carbocycles. The van der Waals surface area contributed by atoms with Gasteiger partial charge in [0.1, 0.15) is 5.75 Å². The molecule has 0 aromatic heterocycles. The van der Waals surface area contributed by atoms with Gasteiger partial charge in [-0.3, -0.25) is 4.79 Å². The molecule has 1 fully saturated rings. The van der Waals surface area contributed by atoms with Crippen molar-refractivity contribution >= 4 is 23.3 Å². The number of hydrogen-bond acceptors (Lipinski definition) is 3. The largest absolute Gasteiger partial charge is 0.497 e. The molecule has 3 amide bonds. The van der Waals surface area contributed by atoms with Gasteiger partial charge in [-0.2, -0.15) is 0 Å². The van der Waals surface area contributed by atoms with Crippen LogP contribution in [0, 0.1) is 5.92 Å². The molecule has 1 aliphatic heterocycles. The van der Waals surface area contributed by atoms with Crippen molar-refractivity contribution in [3.05, 3.63) is 54.6 Å². The number of anilines is 2. The van der Waals surface area contributed by atoms with Gasteiger partial charge in [0.25, 0.3) is 0 Å². The van der Waals surface area contributed by atoms with Crippen LogP contribution in [0.1, 0.15) is 6.42 Å². The molecule has 0 bridgehead atoms. The van der Waals surface area contributed by atoms with Crippen LogP contribution in [0.2, 0.25) is 0 Å². The summed E-state index contributed by atoms with van der Waals surface area (Å²) in [5.74, 6) is 0.930. The summed E-state index contributed by atoms with van der Waals surface area (Å²) in [6.07, 6.45) is 0.442. The van der Waals surface area contributed by atoms with Crippen molar-refractivity contribution in [1.82, 2.24) is 5.32 Å². The standard InChI is InChI=1S/C19H21N3O3/c1-25-17-9-7-15(8-10-17)21-19(24)20-12-14-11-18(23)22(13-14)16-5-3-2-4-6-16/h2-10,14H,11-13H2,1H3,(H2,20,21,24)/t14-/m1/s1. The van der Waals surface area contributed by atoms with E-state index in [-0.39, 0.29) is 17.9 Å². The summed E-state index contributed by atoms with van der Waals surface area (Å²) in [4.78, 5) is 25.9. The zero-order valence-corrected chi connectivity index (χ0v) is 14.1. The van der Waals surface area contributed by atoms with Crippen LogP contribution in [-0.4, -0.2) is 32.1 Å². The second-order valence-electron chi connectivity index (χ2n) is 5.97. The minimum atomic E-state index is -0.282. The van der Waals surface area contributed by atoms with Crippen LogP contribution in [0.15, 0.2) is 54.6 Å². The lowest BCUT2D eigenvalue weighted by Gasteiger charge is -2.17. The van der Waals surface area contributed by atoms with E-state index in [0.717, 1.165) is 11.4 Å². The first kappa shape index (κ1) is 16.8. The average molecular weight is 339 g/mol. The van der Waals surface area contributed by atoms with Gasteiger partial charge in [0.05, 0.1) is 7.11 Å². The molecule has 1 atom stereocenters. The van der Waals surface area contributed by atoms with Crippen molar-refractivity contribution < 1.29 is 14.3 Å². The Morgan fingerprint density at radius 1 is 1.16 bits per heavy atom. The van der Waals surface area contributed by atoms with Crippen LogP contribution in [-0.2, 0) is 4.79 Å². The zero-order valence-electron chi connectivity index (χ0n) is 14.1. The molecule has 0 aliphatic carbocycles. The molecule has 0 saturated carbocycles. The van der Waals surface area contributed by atoms with Crippen molar-refractivity contribution in [2.75, 3.05) is 30.4 Å². The smallest absolute Gasteiger partial charge is 0.319 e. The van der Waals surface area contributed by atoms with Crippen molar-refractivity contribution in [2.24, 2.45) is 5.92 Å². The van der Waals surface area contributed by atoms with Crippen molar-refractivity contribution in [3.8, 4) is 5.75 Å². The normalized spacial score (nSPS) is 16.6. The monoisotopic (exact) mass is 339 g/mol. The number of methoxy groups -OCH3 is 1. The Hall–Kier alpha value is -3.02. The van der Waals surface area contributed by atoms with E-state index >= 15 is 0 Å². The fourth-order valence-corrected chi connectivity index (χ4v) is 2.86. The van der Waals surface area contributed by atoms with Crippen LogP contribution < -0.4 is 20.3 Å². The molecule has 3 rings (SSSR count). The Morgan fingerprint density at radius 3 is 2.56 bits per heavy atom. The quantitative estimate of drug-likeness (QED) is 0.880. The highest BCUT2D eigenvalue weighted by atomic mass is 16.5. The van der Waals surface area contributed by atoms with E-state index in [2.05, 4.69) is 10.6 Å². The molecule has 1 aliphatic rings. The van der Waals surface area contributed by atoms with E-state index in [1.54, 1.807) is 36.3 Å². The van der Waals surface area contributed by atoms with Gasteiger partial charge in [-0.25, -0.2) is 4.79 Å². The fraction of sp³-hybridized carbons (Fsp3) is 0.263. The van der Waals surface area contributed by atoms with Crippen LogP contribution in [0.4, 0.5) is 16.2 Å². The number of carbonyl (C=O) groups excluding carboxylic acids is 2. The van der Waals surface area contributed by atoms with Crippen molar-refractivity contribution in [1.29, 1.82) is 0 Å². The third kappa shape index (κ3) is 4.29. The first-order valence-electron chi connectivity index (χ1n) is 8.20. The van der Waals surface area contributed by atoms with Crippen LogP contribution in [0.3, 0.4) is 0 Å². The Morgan fingerprint density at radius 2 is 1.88 bits per heavy atom. The third-order valence-corrected chi connectivity index (χ3v) is 4.17. The predicted molar refractivity (Wildman–Crippen MR) is 96.9 cm³/mol. The Bertz CT molecular complexity index is 731. The Kier molecular flexibility index (Phi) is 5.18. The lowest BCUT2D eigenvalue weighted by Crippen LogP contribution is -2.34. The highest BCUT2D eigenvalue weighted by Gasteiger charge is 2.30. The number of nitrogens with zero attached hydrogens (tertiary/aromatic N) is 1. The highest BCUT2D eigenvalue weighted by Crippen LogP contribution is 2.24. The summed E-state index contributed by atoms with van der Waals surface area (Å²) in [7, 11) is 1.59. The van der Waals surface area contributed by atoms with E-state index in [0.29, 0.717) is 25.2 Å². The van der Waals surface area contributed by atoms with Gasteiger partial charge in [-0.15, -0.1) is 0 Å². The number of amides is 3. The molecule has 0 unspecified atom stereocenters. The first-order chi connectivity index (χ1) is 12.2. The average Bonchev–Trinajstić information content (AvgIpc) is 3.02. The van der Waals surface area contributed by atoms with Crippen molar-refractivity contribution in [3.63, 3.8) is 0 Å². The van der Waals surface area contributed by atoms with Crippen LogP contribution >= 0.6 is 0 Å². The molecule has 1 heterocycles. The molecule has 25 heavy (non-hydrogen) atoms. The number of carbonyl (C=O) groups is 2. The molecule has 2 aromatic rings. The van der Waals surface area contributed by atoms with Crippen LogP contribution in [0.5, 0.6) is 5.75 Å². The SMILES string of the molecule is COc1ccc(NC(=O)NC[C@H]2CC(=O)N(c3ccccc3)C2)cc1. The molecule has 0 spiro atoms. The summed E-state index contributed by atoms with van der Waals surface area (Å²) in [6.45, 7) is 1.07. The molecule has 130 valence electrons. The number of nitrogens with one attached hydrogen (secondary N) is 2. The number of rotatable bonds is 5. The van der Waals surface area contributed by atoms with Gasteiger partial charge in [0, 0.05) is 36.8 Å². The van der Waals surface area contributed by atoms with Gasteiger partial charge < -0.3 is 20.3 Å². The Labute approximate surface area is 146 Å². The number of ether oxygens (including phenoxy) is 1. The number of benzene rings is 2. The van der Waals surface area contributed by atoms with E-state index in [9.17, 15) is 9.59 Å². The second-order valence-corrected chi connectivity index (χ2v) is 5.97. The van der Waals surface area contributed by atoms with E-state index in [4.69, 9.17) is 4.74 Å². The van der Waals surface area contributed by atoms with Crippen molar-refractivity contribution in [2.45, 2.75) is 6.42 Å². The minimum Gasteiger partial charge on any atom is -0.497 e. The molecule has 2 N–H and O–H groups in total. The first-order valence-corrected chi connectivity index (χ1v) is 8.20. The fourth-order valence-electron chi connectivity index (χ4n) is 2.86. The van der Waals surface area contributed by atoms with Gasteiger partial charge in [0.2, 0.25) is 5.91 Å². The van der Waals surface area contributed by atoms with Gasteiger partial charge in [0.15, 0.2) is 0 Å². The van der Waals surface area contributed by atoms with Gasteiger partial charge >= 0.3 is 6.03 Å². The molecule has 1 saturated heterocycles. The molecular weight excluding hydrogens is 318 g/mol. The maximum Gasteiger partial charge on any atom is 0.319 e. The van der Waals surface area contributed by atoms with Gasteiger partial charge in [-0.1, -0.05) is 18.2 Å². The second kappa shape index (κ2) is 7.70. The molecular formula is C19H21N3O3. The Balaban J connectivity index is 1.48. The lowest BCUT2D eigenvalue weighted by atomic mass is 10.1. The van der Waals surface area contributed by atoms with Gasteiger partial charge in [-0.05, 0) is 36.4 Å². The zero-order chi connectivity index (χ0) is 17.6. The third-order valence-electron chi connectivity index (χ3n) is 4.17. The van der Waals surface area contributed by atoms with Crippen LogP contribution in [0.25, 0.3) is 0 Å². The molecule has 6 nitrogen and oxygen atoms in total. The molecule has 0 radical (unpaired) electrons. The number of hydrogen-bond donors (Lipinski definition) is 2. The van der Waals surface area contributed by atoms with E-state index in [1.165, 1.54) is 0 Å². The lowest BCUT2D eigenvalue weighted by molar-refractivity contribution is -0.117. The number of urea groups is 1. The maximum atomic E-state index is 12.2. The summed E-state index contributed by atoms with van der Waals surface area (Å²) < 4.78 is 5.08. The molecule has 6 heteroatoms. The summed E-state index contributed by atoms with van der Waals surface area (Å²) in [6, 6.07) is 16.4. The van der Waals surface area contributed by atoms with E-state index < -0.39 is 0 Å². The summed E-state index contributed by atoms with van der Waals surface area (Å²) in [5, 5.41) is 5.60.